The summed E-state index contributed by atoms with van der Waals surface area (Å²) < 4.78 is 9.18. The van der Waals surface area contributed by atoms with E-state index in [1.165, 1.54) is 39.2 Å². The van der Waals surface area contributed by atoms with Crippen LogP contribution in [-0.2, 0) is 19.1 Å². The van der Waals surface area contributed by atoms with Crippen LogP contribution in [0.15, 0.2) is 18.2 Å². The van der Waals surface area contributed by atoms with E-state index in [0.717, 1.165) is 7.11 Å². The number of anilines is 1. The molecule has 0 bridgehead atoms. The van der Waals surface area contributed by atoms with Gasteiger partial charge in [0.1, 0.15) is 0 Å². The van der Waals surface area contributed by atoms with Crippen LogP contribution in [-0.4, -0.2) is 55.2 Å². The third kappa shape index (κ3) is 5.28. The van der Waals surface area contributed by atoms with Crippen LogP contribution in [0.1, 0.15) is 34.6 Å². The first kappa shape index (κ1) is 20.1. The van der Waals surface area contributed by atoms with Crippen molar-refractivity contribution in [3.05, 3.63) is 29.3 Å². The highest BCUT2D eigenvalue weighted by Gasteiger charge is 2.25. The first-order chi connectivity index (χ1) is 11.6. The number of rotatable bonds is 5. The van der Waals surface area contributed by atoms with E-state index in [1.807, 2.05) is 0 Å². The van der Waals surface area contributed by atoms with Gasteiger partial charge in [0.2, 0.25) is 0 Å². The lowest BCUT2D eigenvalue weighted by Crippen LogP contribution is -2.50. The van der Waals surface area contributed by atoms with Crippen LogP contribution < -0.4 is 10.6 Å². The van der Waals surface area contributed by atoms with Crippen LogP contribution in [0.5, 0.6) is 0 Å². The number of hydrogen-bond donors (Lipinski definition) is 3. The molecule has 0 radical (unpaired) electrons. The van der Waals surface area contributed by atoms with E-state index in [4.69, 9.17) is 5.11 Å². The van der Waals surface area contributed by atoms with Gasteiger partial charge < -0.3 is 25.2 Å². The maximum atomic E-state index is 12.0. The number of methoxy groups -OCH3 is 2. The van der Waals surface area contributed by atoms with Crippen LogP contribution in [0.4, 0.5) is 5.69 Å². The SMILES string of the molecule is COC(=O)c1ccc(C(=O)OC)c(NC(=O)C(=O)NC(C)(C)CO)c1. The predicted octanol–water partition coefficient (Wildman–Crippen LogP) is 0.0854. The monoisotopic (exact) mass is 352 g/mol. The molecule has 0 fully saturated rings. The molecule has 1 aromatic rings. The summed E-state index contributed by atoms with van der Waals surface area (Å²) >= 11 is 0. The van der Waals surface area contributed by atoms with Gasteiger partial charge >= 0.3 is 23.8 Å². The van der Waals surface area contributed by atoms with E-state index >= 15 is 0 Å². The van der Waals surface area contributed by atoms with E-state index in [0.29, 0.717) is 0 Å². The van der Waals surface area contributed by atoms with E-state index in [-0.39, 0.29) is 23.4 Å². The summed E-state index contributed by atoms with van der Waals surface area (Å²) in [5.74, 6) is -3.53. The highest BCUT2D eigenvalue weighted by atomic mass is 16.5. The first-order valence-corrected chi connectivity index (χ1v) is 7.20. The molecular formula is C16H20N2O7. The Morgan fingerprint density at radius 1 is 1.04 bits per heavy atom. The topological polar surface area (TPSA) is 131 Å². The molecule has 0 aliphatic carbocycles. The summed E-state index contributed by atoms with van der Waals surface area (Å²) in [6.45, 7) is 2.67. The van der Waals surface area contributed by atoms with Gasteiger partial charge in [-0.25, -0.2) is 9.59 Å². The normalized spacial score (nSPS) is 10.6. The Labute approximate surface area is 144 Å². The Kier molecular flexibility index (Phi) is 6.63. The Bertz CT molecular complexity index is 698. The summed E-state index contributed by atoms with van der Waals surface area (Å²) in [6.07, 6.45) is 0. The largest absolute Gasteiger partial charge is 0.465 e. The van der Waals surface area contributed by atoms with E-state index in [9.17, 15) is 19.2 Å². The third-order valence-electron chi connectivity index (χ3n) is 3.15. The number of ether oxygens (including phenoxy) is 2. The number of aliphatic hydroxyl groups is 1. The van der Waals surface area contributed by atoms with Crippen LogP contribution in [0, 0.1) is 0 Å². The molecule has 0 saturated heterocycles. The average molecular weight is 352 g/mol. The Hall–Kier alpha value is -2.94. The number of carbonyl (C=O) groups excluding carboxylic acids is 4. The zero-order chi connectivity index (χ0) is 19.2. The quantitative estimate of drug-likeness (QED) is 0.505. The lowest BCUT2D eigenvalue weighted by molar-refractivity contribution is -0.137. The molecular weight excluding hydrogens is 332 g/mol. The molecule has 0 atom stereocenters. The molecule has 0 saturated carbocycles. The van der Waals surface area contributed by atoms with Crippen molar-refractivity contribution in [2.45, 2.75) is 19.4 Å². The minimum atomic E-state index is -1.08. The summed E-state index contributed by atoms with van der Waals surface area (Å²) in [5.41, 5.74) is -1.07. The van der Waals surface area contributed by atoms with Gasteiger partial charge in [-0.2, -0.15) is 0 Å². The van der Waals surface area contributed by atoms with Crippen LogP contribution in [0.25, 0.3) is 0 Å². The van der Waals surface area contributed by atoms with Crippen molar-refractivity contribution >= 4 is 29.4 Å². The second-order valence-electron chi connectivity index (χ2n) is 5.69. The fourth-order valence-electron chi connectivity index (χ4n) is 1.76. The van der Waals surface area contributed by atoms with Gasteiger partial charge in [0, 0.05) is 0 Å². The van der Waals surface area contributed by atoms with Crippen molar-refractivity contribution in [3.8, 4) is 0 Å². The molecule has 0 aliphatic rings. The molecule has 9 heteroatoms. The maximum Gasteiger partial charge on any atom is 0.339 e. The Morgan fingerprint density at radius 3 is 2.16 bits per heavy atom. The lowest BCUT2D eigenvalue weighted by atomic mass is 10.1. The van der Waals surface area contributed by atoms with Gasteiger partial charge in [0.15, 0.2) is 0 Å². The second-order valence-corrected chi connectivity index (χ2v) is 5.69. The second kappa shape index (κ2) is 8.25. The molecule has 2 amide bonds. The Balaban J connectivity index is 3.12. The molecule has 0 aromatic heterocycles. The zero-order valence-electron chi connectivity index (χ0n) is 14.3. The van der Waals surface area contributed by atoms with Gasteiger partial charge in [-0.05, 0) is 32.0 Å². The molecule has 0 aliphatic heterocycles. The van der Waals surface area contributed by atoms with Crippen molar-refractivity contribution in [3.63, 3.8) is 0 Å². The first-order valence-electron chi connectivity index (χ1n) is 7.20. The minimum Gasteiger partial charge on any atom is -0.465 e. The number of aliphatic hydroxyl groups excluding tert-OH is 1. The molecule has 0 spiro atoms. The predicted molar refractivity (Wildman–Crippen MR) is 87.1 cm³/mol. The molecule has 136 valence electrons. The van der Waals surface area contributed by atoms with E-state index in [2.05, 4.69) is 20.1 Å². The summed E-state index contributed by atoms with van der Waals surface area (Å²) in [7, 11) is 2.33. The van der Waals surface area contributed by atoms with Crippen LogP contribution >= 0.6 is 0 Å². The van der Waals surface area contributed by atoms with Crippen LogP contribution in [0.2, 0.25) is 0 Å². The highest BCUT2D eigenvalue weighted by molar-refractivity contribution is 6.40. The zero-order valence-corrected chi connectivity index (χ0v) is 14.3. The number of esters is 2. The number of hydrogen-bond acceptors (Lipinski definition) is 7. The molecule has 3 N–H and O–H groups in total. The molecule has 1 aromatic carbocycles. The Morgan fingerprint density at radius 2 is 1.64 bits per heavy atom. The number of benzene rings is 1. The van der Waals surface area contributed by atoms with Gasteiger partial charge in [-0.15, -0.1) is 0 Å². The van der Waals surface area contributed by atoms with Gasteiger partial charge in [0.05, 0.1) is 43.2 Å². The molecule has 1 rings (SSSR count). The number of carbonyl (C=O) groups is 4. The highest BCUT2D eigenvalue weighted by Crippen LogP contribution is 2.20. The fraction of sp³-hybridized carbons (Fsp3) is 0.375. The van der Waals surface area contributed by atoms with Crippen molar-refractivity contribution in [1.82, 2.24) is 5.32 Å². The standard InChI is InChI=1S/C16H20N2O7/c1-16(2,8-19)18-13(21)12(20)17-11-7-9(14(22)24-3)5-6-10(11)15(23)25-4/h5-7,19H,8H2,1-4H3,(H,17,20)(H,18,21). The van der Waals surface area contributed by atoms with Crippen molar-refractivity contribution < 1.29 is 33.8 Å². The fourth-order valence-corrected chi connectivity index (χ4v) is 1.76. The summed E-state index contributed by atoms with van der Waals surface area (Å²) in [5, 5.41) is 13.7. The van der Waals surface area contributed by atoms with Gasteiger partial charge in [-0.1, -0.05) is 0 Å². The molecule has 9 nitrogen and oxygen atoms in total. The average Bonchev–Trinajstić information content (AvgIpc) is 2.59. The van der Waals surface area contributed by atoms with E-state index in [1.54, 1.807) is 0 Å². The van der Waals surface area contributed by atoms with Gasteiger partial charge in [-0.3, -0.25) is 9.59 Å². The summed E-state index contributed by atoms with van der Waals surface area (Å²) in [4.78, 5) is 47.3. The summed E-state index contributed by atoms with van der Waals surface area (Å²) in [6, 6.07) is 3.78. The van der Waals surface area contributed by atoms with Crippen LogP contribution in [0.3, 0.4) is 0 Å². The minimum absolute atomic E-state index is 0.0438. The molecule has 0 unspecified atom stereocenters. The van der Waals surface area contributed by atoms with Crippen molar-refractivity contribution in [2.24, 2.45) is 0 Å². The molecule has 25 heavy (non-hydrogen) atoms. The maximum absolute atomic E-state index is 12.0. The van der Waals surface area contributed by atoms with E-state index < -0.39 is 29.3 Å². The van der Waals surface area contributed by atoms with Gasteiger partial charge in [0.25, 0.3) is 0 Å². The third-order valence-corrected chi connectivity index (χ3v) is 3.15. The lowest BCUT2D eigenvalue weighted by Gasteiger charge is -2.23. The smallest absolute Gasteiger partial charge is 0.339 e. The molecule has 0 heterocycles. The number of nitrogens with one attached hydrogen (secondary N) is 2. The number of amides is 2. The van der Waals surface area contributed by atoms with Crippen molar-refractivity contribution in [1.29, 1.82) is 0 Å². The van der Waals surface area contributed by atoms with Crippen molar-refractivity contribution in [2.75, 3.05) is 26.1 Å².